The maximum atomic E-state index is 10.3. The monoisotopic (exact) mass is 695 g/mol. The van der Waals surface area contributed by atoms with Gasteiger partial charge in [-0.15, -0.1) is 0 Å². The van der Waals surface area contributed by atoms with Crippen molar-refractivity contribution in [3.05, 3.63) is 29.3 Å². The van der Waals surface area contributed by atoms with E-state index in [4.69, 9.17) is 18.6 Å². The number of hydrogen-bond acceptors (Lipinski definition) is 5. The van der Waals surface area contributed by atoms with Crippen LogP contribution < -0.4 is 14.2 Å². The summed E-state index contributed by atoms with van der Waals surface area (Å²) >= 11 is 0. The van der Waals surface area contributed by atoms with E-state index < -0.39 is 0 Å². The highest BCUT2D eigenvalue weighted by Crippen LogP contribution is 2.46. The molecule has 2 aromatic carbocycles. The number of furan rings is 1. The second kappa shape index (κ2) is 25.5. The van der Waals surface area contributed by atoms with Crippen molar-refractivity contribution >= 4 is 21.9 Å². The van der Waals surface area contributed by atoms with Gasteiger partial charge in [0.2, 0.25) is 5.75 Å². The van der Waals surface area contributed by atoms with E-state index in [1.807, 2.05) is 0 Å². The van der Waals surface area contributed by atoms with Crippen LogP contribution in [0.5, 0.6) is 17.2 Å². The van der Waals surface area contributed by atoms with Gasteiger partial charge < -0.3 is 23.7 Å². The van der Waals surface area contributed by atoms with Crippen LogP contribution in [0.3, 0.4) is 0 Å². The van der Waals surface area contributed by atoms with Crippen LogP contribution in [0, 0.1) is 0 Å². The fraction of sp³-hybridized carbons (Fsp3) is 0.733. The van der Waals surface area contributed by atoms with E-state index in [0.717, 1.165) is 83.9 Å². The fourth-order valence-electron chi connectivity index (χ4n) is 7.70. The summed E-state index contributed by atoms with van der Waals surface area (Å²) in [5, 5.41) is 12.5. The summed E-state index contributed by atoms with van der Waals surface area (Å²) in [6.07, 6.45) is 33.4. The molecule has 0 amide bonds. The van der Waals surface area contributed by atoms with Gasteiger partial charge in [-0.1, -0.05) is 155 Å². The highest BCUT2D eigenvalue weighted by molar-refractivity contribution is 6.10. The Morgan fingerprint density at radius 2 is 0.900 bits per heavy atom. The lowest BCUT2D eigenvalue weighted by molar-refractivity contribution is 0.147. The Hall–Kier alpha value is -2.40. The smallest absolute Gasteiger partial charge is 0.204 e. The summed E-state index contributed by atoms with van der Waals surface area (Å²) in [6.45, 7) is 4.53. The minimum Gasteiger partial charge on any atom is -0.493 e. The van der Waals surface area contributed by atoms with Crippen LogP contribution >= 0.6 is 0 Å². The van der Waals surface area contributed by atoms with E-state index in [0.29, 0.717) is 5.75 Å². The molecule has 1 heterocycles. The lowest BCUT2D eigenvalue weighted by Crippen LogP contribution is -2.05. The zero-order chi connectivity index (χ0) is 35.8. The first kappa shape index (κ1) is 42.0. The molecule has 0 aliphatic carbocycles. The Labute approximate surface area is 306 Å². The normalized spacial score (nSPS) is 12.3. The van der Waals surface area contributed by atoms with E-state index >= 15 is 0 Å². The van der Waals surface area contributed by atoms with Crippen LogP contribution in [-0.4, -0.2) is 32.5 Å². The molecule has 50 heavy (non-hydrogen) atoms. The number of benzene rings is 2. The minimum absolute atomic E-state index is 0.126. The highest BCUT2D eigenvalue weighted by atomic mass is 16.5. The average Bonchev–Trinajstić information content (AvgIpc) is 3.50. The molecule has 284 valence electrons. The third-order valence-electron chi connectivity index (χ3n) is 10.7. The first-order valence-corrected chi connectivity index (χ1v) is 20.9. The first-order valence-electron chi connectivity index (χ1n) is 20.9. The van der Waals surface area contributed by atoms with Gasteiger partial charge in [-0.3, -0.25) is 0 Å². The molecule has 1 N–H and O–H groups in total. The van der Waals surface area contributed by atoms with Gasteiger partial charge >= 0.3 is 0 Å². The standard InChI is InChI=1S/C45H74O5/c1-6-8-10-12-13-14-15-16-17-18-19-22-25-29-36-33-34-39-40-35-37(42(48-4)45(49-5)44(40)50-43(39)41(36)47-3)30-26-23-20-24-28-32-38(46)31-27-21-11-9-7-2/h33-35,38,46H,6-32H2,1-5H3. The van der Waals surface area contributed by atoms with E-state index in [9.17, 15) is 5.11 Å². The van der Waals surface area contributed by atoms with E-state index in [2.05, 4.69) is 32.0 Å². The Morgan fingerprint density at radius 3 is 1.38 bits per heavy atom. The number of fused-ring (bicyclic) bond motifs is 3. The summed E-state index contributed by atoms with van der Waals surface area (Å²) < 4.78 is 24.4. The van der Waals surface area contributed by atoms with Crippen LogP contribution in [0.2, 0.25) is 0 Å². The molecule has 5 heteroatoms. The summed E-state index contributed by atoms with van der Waals surface area (Å²) in [5.41, 5.74) is 3.90. The van der Waals surface area contributed by atoms with Crippen LogP contribution in [0.4, 0.5) is 0 Å². The second-order valence-corrected chi connectivity index (χ2v) is 14.9. The number of ether oxygens (including phenoxy) is 3. The molecular weight excluding hydrogens is 620 g/mol. The van der Waals surface area contributed by atoms with Crippen molar-refractivity contribution in [3.63, 3.8) is 0 Å². The lowest BCUT2D eigenvalue weighted by Gasteiger charge is -2.13. The van der Waals surface area contributed by atoms with Gasteiger partial charge in [0.25, 0.3) is 0 Å². The van der Waals surface area contributed by atoms with Crippen molar-refractivity contribution in [3.8, 4) is 17.2 Å². The largest absolute Gasteiger partial charge is 0.493 e. The van der Waals surface area contributed by atoms with Gasteiger partial charge in [-0.2, -0.15) is 0 Å². The second-order valence-electron chi connectivity index (χ2n) is 14.9. The van der Waals surface area contributed by atoms with Crippen LogP contribution in [0.1, 0.15) is 185 Å². The molecule has 0 aliphatic rings. The summed E-state index contributed by atoms with van der Waals surface area (Å²) in [7, 11) is 5.18. The molecule has 0 aliphatic heterocycles. The van der Waals surface area contributed by atoms with E-state index in [-0.39, 0.29) is 6.10 Å². The van der Waals surface area contributed by atoms with Crippen molar-refractivity contribution in [2.45, 2.75) is 193 Å². The molecule has 0 spiro atoms. The number of methoxy groups -OCH3 is 3. The fourth-order valence-corrected chi connectivity index (χ4v) is 7.70. The van der Waals surface area contributed by atoms with Crippen LogP contribution in [-0.2, 0) is 12.8 Å². The number of hydrogen-bond donors (Lipinski definition) is 1. The molecule has 1 unspecified atom stereocenters. The molecule has 0 fully saturated rings. The molecule has 3 rings (SSSR count). The quantitative estimate of drug-likeness (QED) is 0.0679. The van der Waals surface area contributed by atoms with Crippen molar-refractivity contribution in [2.24, 2.45) is 0 Å². The molecule has 0 saturated carbocycles. The predicted octanol–water partition coefficient (Wildman–Crippen LogP) is 13.8. The number of rotatable bonds is 31. The Balaban J connectivity index is 1.49. The van der Waals surface area contributed by atoms with Crippen LogP contribution in [0.15, 0.2) is 22.6 Å². The molecule has 5 nitrogen and oxygen atoms in total. The van der Waals surface area contributed by atoms with E-state index in [1.54, 1.807) is 21.3 Å². The summed E-state index contributed by atoms with van der Waals surface area (Å²) in [4.78, 5) is 0. The highest BCUT2D eigenvalue weighted by Gasteiger charge is 2.23. The molecule has 0 bridgehead atoms. The van der Waals surface area contributed by atoms with Crippen molar-refractivity contribution in [2.75, 3.05) is 21.3 Å². The number of aliphatic hydroxyl groups is 1. The van der Waals surface area contributed by atoms with Gasteiger partial charge in [-0.05, 0) is 61.8 Å². The average molecular weight is 695 g/mol. The Morgan fingerprint density at radius 1 is 0.480 bits per heavy atom. The third kappa shape index (κ3) is 14.0. The van der Waals surface area contributed by atoms with Crippen molar-refractivity contribution in [1.82, 2.24) is 0 Å². The van der Waals surface area contributed by atoms with Gasteiger partial charge in [0.05, 0.1) is 27.4 Å². The lowest BCUT2D eigenvalue weighted by atomic mass is 9.99. The third-order valence-corrected chi connectivity index (χ3v) is 10.7. The maximum absolute atomic E-state index is 10.3. The molecule has 3 aromatic rings. The van der Waals surface area contributed by atoms with Gasteiger partial charge in [0.1, 0.15) is 0 Å². The maximum Gasteiger partial charge on any atom is 0.204 e. The zero-order valence-corrected chi connectivity index (χ0v) is 33.0. The molecule has 1 aromatic heterocycles. The topological polar surface area (TPSA) is 61.1 Å². The predicted molar refractivity (Wildman–Crippen MR) is 214 cm³/mol. The number of aliphatic hydroxyl groups excluding tert-OH is 1. The molecule has 0 radical (unpaired) electrons. The minimum atomic E-state index is -0.126. The molecule has 0 saturated heterocycles. The number of aryl methyl sites for hydroxylation is 2. The van der Waals surface area contributed by atoms with Gasteiger partial charge in [0.15, 0.2) is 22.7 Å². The van der Waals surface area contributed by atoms with Crippen molar-refractivity contribution < 1.29 is 23.7 Å². The molecular formula is C45H74O5. The Bertz CT molecular complexity index is 1310. The van der Waals surface area contributed by atoms with Crippen molar-refractivity contribution in [1.29, 1.82) is 0 Å². The summed E-state index contributed by atoms with van der Waals surface area (Å²) in [6, 6.07) is 6.68. The SMILES string of the molecule is CCCCCCCCCCCCCCCc1ccc2c(oc3c(OC)c(OC)c(CCCCCCCC(O)CCCCCCC)cc32)c1OC. The van der Waals surface area contributed by atoms with Gasteiger partial charge in [-0.25, -0.2) is 0 Å². The van der Waals surface area contributed by atoms with Crippen LogP contribution in [0.25, 0.3) is 21.9 Å². The Kier molecular flexibility index (Phi) is 21.5. The molecule has 1 atom stereocenters. The zero-order valence-electron chi connectivity index (χ0n) is 33.0. The number of unbranched alkanes of at least 4 members (excludes halogenated alkanes) is 20. The van der Waals surface area contributed by atoms with Gasteiger partial charge in [0, 0.05) is 10.8 Å². The summed E-state index contributed by atoms with van der Waals surface area (Å²) in [5.74, 6) is 2.29. The first-order chi connectivity index (χ1) is 24.6. The van der Waals surface area contributed by atoms with E-state index in [1.165, 1.54) is 134 Å².